The molecule has 31 heavy (non-hydrogen) atoms. The summed E-state index contributed by atoms with van der Waals surface area (Å²) in [6.07, 6.45) is 3.24. The van der Waals surface area contributed by atoms with Crippen LogP contribution >= 0.6 is 0 Å². The fraction of sp³-hybridized carbons (Fsp3) is 0.227. The van der Waals surface area contributed by atoms with Gasteiger partial charge in [0, 0.05) is 19.6 Å². The monoisotopic (exact) mass is 436 g/mol. The second kappa shape index (κ2) is 8.44. The molecule has 0 spiro atoms. The molecule has 0 aliphatic heterocycles. The molecule has 0 aliphatic rings. The number of sulfonamides is 1. The van der Waals surface area contributed by atoms with E-state index in [2.05, 4.69) is 20.4 Å². The number of hydrogen-bond donors (Lipinski definition) is 1. The van der Waals surface area contributed by atoms with Gasteiger partial charge in [0.15, 0.2) is 5.65 Å². The number of hydrogen-bond acceptors (Lipinski definition) is 6. The molecular formula is C22H24N6O2S. The molecular weight excluding hydrogens is 412 g/mol. The van der Waals surface area contributed by atoms with Crippen molar-refractivity contribution in [1.29, 1.82) is 0 Å². The van der Waals surface area contributed by atoms with Gasteiger partial charge < -0.3 is 5.32 Å². The summed E-state index contributed by atoms with van der Waals surface area (Å²) in [5.74, 6) is 0.670. The van der Waals surface area contributed by atoms with Crippen LogP contribution in [0.2, 0.25) is 0 Å². The van der Waals surface area contributed by atoms with Gasteiger partial charge in [-0.3, -0.25) is 0 Å². The van der Waals surface area contributed by atoms with Gasteiger partial charge >= 0.3 is 0 Å². The van der Waals surface area contributed by atoms with Gasteiger partial charge in [0.25, 0.3) is 0 Å². The van der Waals surface area contributed by atoms with Crippen molar-refractivity contribution in [3.8, 4) is 5.69 Å². The maximum atomic E-state index is 12.6. The van der Waals surface area contributed by atoms with Gasteiger partial charge in [-0.1, -0.05) is 30.3 Å². The van der Waals surface area contributed by atoms with Gasteiger partial charge in [0.1, 0.15) is 12.1 Å². The van der Waals surface area contributed by atoms with Crippen molar-refractivity contribution in [1.82, 2.24) is 24.1 Å². The molecule has 0 saturated carbocycles. The number of aromatic nitrogens is 4. The molecule has 4 rings (SSSR count). The zero-order valence-corrected chi connectivity index (χ0v) is 18.4. The third kappa shape index (κ3) is 4.14. The molecule has 0 amide bonds. The summed E-state index contributed by atoms with van der Waals surface area (Å²) < 4.78 is 28.4. The summed E-state index contributed by atoms with van der Waals surface area (Å²) >= 11 is 0. The molecule has 2 aromatic heterocycles. The second-order valence-corrected chi connectivity index (χ2v) is 9.46. The predicted octanol–water partition coefficient (Wildman–Crippen LogP) is 3.46. The summed E-state index contributed by atoms with van der Waals surface area (Å²) in [6, 6.07) is 16.6. The minimum Gasteiger partial charge on any atom is -0.365 e. The number of nitrogens with zero attached hydrogens (tertiary/aromatic N) is 5. The Bertz CT molecular complexity index is 1280. The van der Waals surface area contributed by atoms with E-state index < -0.39 is 10.0 Å². The fourth-order valence-electron chi connectivity index (χ4n) is 3.15. The van der Waals surface area contributed by atoms with Crippen molar-refractivity contribution in [3.05, 3.63) is 72.7 Å². The van der Waals surface area contributed by atoms with Crippen molar-refractivity contribution in [2.45, 2.75) is 31.3 Å². The molecule has 2 heterocycles. The fourth-order valence-corrected chi connectivity index (χ4v) is 4.52. The molecule has 1 N–H and O–H groups in total. The summed E-state index contributed by atoms with van der Waals surface area (Å²) in [7, 11) is -1.90. The Kier molecular flexibility index (Phi) is 5.71. The Morgan fingerprint density at radius 1 is 1.03 bits per heavy atom. The van der Waals surface area contributed by atoms with Crippen LogP contribution < -0.4 is 5.32 Å². The molecule has 8 nitrogen and oxygen atoms in total. The summed E-state index contributed by atoms with van der Waals surface area (Å²) in [5, 5.41) is 8.57. The Hall–Kier alpha value is -3.30. The van der Waals surface area contributed by atoms with E-state index in [1.54, 1.807) is 42.2 Å². The van der Waals surface area contributed by atoms with E-state index in [0.29, 0.717) is 18.0 Å². The highest BCUT2D eigenvalue weighted by Gasteiger charge is 2.22. The normalized spacial score (nSPS) is 12.0. The number of benzene rings is 2. The van der Waals surface area contributed by atoms with Crippen LogP contribution in [0.3, 0.4) is 0 Å². The maximum absolute atomic E-state index is 12.6. The summed E-state index contributed by atoms with van der Waals surface area (Å²) in [4.78, 5) is 9.01. The Morgan fingerprint density at radius 2 is 1.74 bits per heavy atom. The lowest BCUT2D eigenvalue weighted by Gasteiger charge is -2.21. The first-order chi connectivity index (χ1) is 14.9. The van der Waals surface area contributed by atoms with Crippen molar-refractivity contribution < 1.29 is 8.42 Å². The standard InChI is InChI=1S/C22H24N6O2S/c1-16(2)27(3)31(29,30)19-11-9-17(10-12-19)13-23-21-20-14-26-28(22(20)25-15-24-21)18-7-5-4-6-8-18/h4-12,14-16H,13H2,1-3H3,(H,23,24,25). The van der Waals surface area contributed by atoms with Crippen LogP contribution in [0, 0.1) is 0 Å². The van der Waals surface area contributed by atoms with Crippen LogP contribution in [0.4, 0.5) is 5.82 Å². The first-order valence-corrected chi connectivity index (χ1v) is 11.4. The molecule has 4 aromatic rings. The molecule has 160 valence electrons. The zero-order valence-electron chi connectivity index (χ0n) is 17.6. The summed E-state index contributed by atoms with van der Waals surface area (Å²) in [5.41, 5.74) is 2.57. The number of rotatable bonds is 7. The Labute approximate surface area is 181 Å². The lowest BCUT2D eigenvalue weighted by atomic mass is 10.2. The average molecular weight is 437 g/mol. The third-order valence-electron chi connectivity index (χ3n) is 5.15. The van der Waals surface area contributed by atoms with Gasteiger partial charge in [-0.15, -0.1) is 0 Å². The van der Waals surface area contributed by atoms with E-state index in [9.17, 15) is 8.42 Å². The Balaban J connectivity index is 1.53. The third-order valence-corrected chi connectivity index (χ3v) is 7.20. The van der Waals surface area contributed by atoms with Crippen LogP contribution in [0.15, 0.2) is 72.0 Å². The van der Waals surface area contributed by atoms with Gasteiger partial charge in [-0.05, 0) is 43.7 Å². The predicted molar refractivity (Wildman–Crippen MR) is 121 cm³/mol. The molecule has 0 saturated heterocycles. The molecule has 0 radical (unpaired) electrons. The van der Waals surface area contributed by atoms with Crippen LogP contribution in [-0.4, -0.2) is 45.6 Å². The van der Waals surface area contributed by atoms with Crippen molar-refractivity contribution in [2.75, 3.05) is 12.4 Å². The van der Waals surface area contributed by atoms with Gasteiger partial charge in [0.05, 0.1) is 22.2 Å². The molecule has 0 aliphatic carbocycles. The molecule has 9 heteroatoms. The van der Waals surface area contributed by atoms with Crippen LogP contribution in [0.1, 0.15) is 19.4 Å². The highest BCUT2D eigenvalue weighted by atomic mass is 32.2. The number of para-hydroxylation sites is 1. The highest BCUT2D eigenvalue weighted by molar-refractivity contribution is 7.89. The van der Waals surface area contributed by atoms with Crippen molar-refractivity contribution in [2.24, 2.45) is 0 Å². The molecule has 2 aromatic carbocycles. The largest absolute Gasteiger partial charge is 0.365 e. The lowest BCUT2D eigenvalue weighted by molar-refractivity contribution is 0.410. The minimum absolute atomic E-state index is 0.108. The van der Waals surface area contributed by atoms with Gasteiger partial charge in [0.2, 0.25) is 10.0 Å². The van der Waals surface area contributed by atoms with E-state index in [4.69, 9.17) is 0 Å². The van der Waals surface area contributed by atoms with Crippen molar-refractivity contribution in [3.63, 3.8) is 0 Å². The van der Waals surface area contributed by atoms with E-state index in [0.717, 1.165) is 16.6 Å². The van der Waals surface area contributed by atoms with E-state index >= 15 is 0 Å². The number of anilines is 1. The smallest absolute Gasteiger partial charge is 0.243 e. The number of fused-ring (bicyclic) bond motifs is 1. The molecule has 0 atom stereocenters. The SMILES string of the molecule is CC(C)N(C)S(=O)(=O)c1ccc(CNc2ncnc3c2cnn3-c2ccccc2)cc1. The highest BCUT2D eigenvalue weighted by Crippen LogP contribution is 2.22. The molecule has 0 fully saturated rings. The quantitative estimate of drug-likeness (QED) is 0.477. The van der Waals surface area contributed by atoms with Crippen LogP contribution in [0.5, 0.6) is 0 Å². The van der Waals surface area contributed by atoms with E-state index in [1.807, 2.05) is 44.2 Å². The van der Waals surface area contributed by atoms with Crippen LogP contribution in [0.25, 0.3) is 16.7 Å². The molecule has 0 bridgehead atoms. The van der Waals surface area contributed by atoms with E-state index in [1.165, 1.54) is 10.6 Å². The minimum atomic E-state index is -3.49. The zero-order chi connectivity index (χ0) is 22.0. The average Bonchev–Trinajstić information content (AvgIpc) is 3.22. The van der Waals surface area contributed by atoms with Gasteiger partial charge in [-0.2, -0.15) is 9.40 Å². The summed E-state index contributed by atoms with van der Waals surface area (Å²) in [6.45, 7) is 4.18. The number of nitrogens with one attached hydrogen (secondary N) is 1. The second-order valence-electron chi connectivity index (χ2n) is 7.46. The first-order valence-electron chi connectivity index (χ1n) is 9.93. The Morgan fingerprint density at radius 3 is 2.42 bits per heavy atom. The lowest BCUT2D eigenvalue weighted by Crippen LogP contribution is -2.33. The maximum Gasteiger partial charge on any atom is 0.243 e. The topological polar surface area (TPSA) is 93.0 Å². The first kappa shape index (κ1) is 21.0. The molecule has 0 unspecified atom stereocenters. The van der Waals surface area contributed by atoms with E-state index in [-0.39, 0.29) is 10.9 Å². The van der Waals surface area contributed by atoms with Crippen LogP contribution in [-0.2, 0) is 16.6 Å². The van der Waals surface area contributed by atoms with Gasteiger partial charge in [-0.25, -0.2) is 23.1 Å². The van der Waals surface area contributed by atoms with Crippen molar-refractivity contribution >= 4 is 26.9 Å².